The van der Waals surface area contributed by atoms with Crippen LogP contribution >= 0.6 is 0 Å². The van der Waals surface area contributed by atoms with Crippen LogP contribution in [0.4, 0.5) is 0 Å². The van der Waals surface area contributed by atoms with E-state index in [1.54, 1.807) is 6.20 Å². The van der Waals surface area contributed by atoms with E-state index < -0.39 is 0 Å². The van der Waals surface area contributed by atoms with Gasteiger partial charge in [0.2, 0.25) is 0 Å². The van der Waals surface area contributed by atoms with E-state index in [2.05, 4.69) is 17.2 Å². The molecule has 0 saturated carbocycles. The molecule has 3 nitrogen and oxygen atoms in total. The third kappa shape index (κ3) is 1.67. The summed E-state index contributed by atoms with van der Waals surface area (Å²) >= 11 is 0. The monoisotopic (exact) mass is 187 g/mol. The number of hydrogen-bond acceptors (Lipinski definition) is 2. The van der Waals surface area contributed by atoms with Gasteiger partial charge in [0.25, 0.3) is 0 Å². The molecule has 1 heterocycles. The van der Waals surface area contributed by atoms with Crippen molar-refractivity contribution in [2.45, 2.75) is 6.04 Å². The molecule has 0 bridgehead atoms. The van der Waals surface area contributed by atoms with E-state index in [4.69, 9.17) is 5.73 Å². The van der Waals surface area contributed by atoms with Crippen molar-refractivity contribution in [3.63, 3.8) is 0 Å². The first-order valence-electron chi connectivity index (χ1n) is 4.66. The van der Waals surface area contributed by atoms with Gasteiger partial charge < -0.3 is 5.73 Å². The number of nitrogens with zero attached hydrogens (tertiary/aromatic N) is 2. The summed E-state index contributed by atoms with van der Waals surface area (Å²) < 4.78 is 1.88. The molecule has 3 heteroatoms. The lowest BCUT2D eigenvalue weighted by molar-refractivity contribution is 0.532. The molecule has 2 rings (SSSR count). The summed E-state index contributed by atoms with van der Waals surface area (Å²) in [6.07, 6.45) is 3.70. The maximum absolute atomic E-state index is 5.74. The normalized spacial score (nSPS) is 12.6. The predicted octanol–water partition coefficient (Wildman–Crippen LogP) is 1.43. The third-order valence-corrected chi connectivity index (χ3v) is 2.25. The highest BCUT2D eigenvalue weighted by Crippen LogP contribution is 2.15. The second-order valence-corrected chi connectivity index (χ2v) is 3.15. The van der Waals surface area contributed by atoms with Gasteiger partial charge in [-0.1, -0.05) is 30.3 Å². The molecular formula is C11H13N3. The molecule has 2 N–H and O–H groups in total. The Bertz CT molecular complexity index is 367. The van der Waals surface area contributed by atoms with Gasteiger partial charge >= 0.3 is 0 Å². The standard InChI is InChI=1S/C11H13N3/c12-9-11(14-8-4-7-13-14)10-5-2-1-3-6-10/h1-8,11H,9,12H2. The first kappa shape index (κ1) is 8.97. The fraction of sp³-hybridized carbons (Fsp3) is 0.182. The van der Waals surface area contributed by atoms with Crippen LogP contribution in [0.3, 0.4) is 0 Å². The van der Waals surface area contributed by atoms with E-state index in [1.807, 2.05) is 35.1 Å². The van der Waals surface area contributed by atoms with Crippen molar-refractivity contribution >= 4 is 0 Å². The van der Waals surface area contributed by atoms with Gasteiger partial charge in [0.15, 0.2) is 0 Å². The van der Waals surface area contributed by atoms with Crippen LogP contribution < -0.4 is 5.73 Å². The van der Waals surface area contributed by atoms with Crippen molar-refractivity contribution in [1.29, 1.82) is 0 Å². The van der Waals surface area contributed by atoms with E-state index in [9.17, 15) is 0 Å². The van der Waals surface area contributed by atoms with Crippen LogP contribution in [0.15, 0.2) is 48.8 Å². The second kappa shape index (κ2) is 4.07. The highest BCUT2D eigenvalue weighted by molar-refractivity contribution is 5.19. The van der Waals surface area contributed by atoms with Crippen LogP contribution in [0.5, 0.6) is 0 Å². The van der Waals surface area contributed by atoms with Crippen LogP contribution in [0.25, 0.3) is 0 Å². The molecule has 1 atom stereocenters. The SMILES string of the molecule is NCC(c1ccccc1)n1cccn1. The largest absolute Gasteiger partial charge is 0.328 e. The molecule has 1 aromatic carbocycles. The zero-order chi connectivity index (χ0) is 9.80. The smallest absolute Gasteiger partial charge is 0.0890 e. The Morgan fingerprint density at radius 3 is 2.57 bits per heavy atom. The second-order valence-electron chi connectivity index (χ2n) is 3.15. The van der Waals surface area contributed by atoms with Crippen LogP contribution in [0.1, 0.15) is 11.6 Å². The molecule has 0 radical (unpaired) electrons. The minimum atomic E-state index is 0.145. The predicted molar refractivity (Wildman–Crippen MR) is 55.9 cm³/mol. The molecule has 72 valence electrons. The molecule has 0 amide bonds. The number of rotatable bonds is 3. The number of nitrogens with two attached hydrogens (primary N) is 1. The molecule has 2 aromatic rings. The lowest BCUT2D eigenvalue weighted by atomic mass is 10.1. The molecule has 0 aliphatic rings. The van der Waals surface area contributed by atoms with Gasteiger partial charge in [0.05, 0.1) is 6.04 Å². The number of hydrogen-bond donors (Lipinski definition) is 1. The van der Waals surface area contributed by atoms with Gasteiger partial charge in [-0.25, -0.2) is 0 Å². The van der Waals surface area contributed by atoms with Gasteiger partial charge in [-0.2, -0.15) is 5.10 Å². The number of aromatic nitrogens is 2. The summed E-state index contributed by atoms with van der Waals surface area (Å²) in [7, 11) is 0. The topological polar surface area (TPSA) is 43.8 Å². The Kier molecular flexibility index (Phi) is 2.60. The summed E-state index contributed by atoms with van der Waals surface area (Å²) in [5.74, 6) is 0. The fourth-order valence-electron chi connectivity index (χ4n) is 1.54. The third-order valence-electron chi connectivity index (χ3n) is 2.25. The maximum atomic E-state index is 5.74. The molecule has 0 aliphatic heterocycles. The van der Waals surface area contributed by atoms with Crippen LogP contribution in [-0.2, 0) is 0 Å². The quantitative estimate of drug-likeness (QED) is 0.790. The van der Waals surface area contributed by atoms with Gasteiger partial charge in [-0.05, 0) is 11.6 Å². The Labute approximate surface area is 83.2 Å². The van der Waals surface area contributed by atoms with E-state index in [0.717, 1.165) is 0 Å². The highest BCUT2D eigenvalue weighted by atomic mass is 15.3. The van der Waals surface area contributed by atoms with Crippen molar-refractivity contribution < 1.29 is 0 Å². The van der Waals surface area contributed by atoms with E-state index in [1.165, 1.54) is 5.56 Å². The lowest BCUT2D eigenvalue weighted by Gasteiger charge is -2.15. The average Bonchev–Trinajstić information content (AvgIpc) is 2.74. The molecule has 0 spiro atoms. The van der Waals surface area contributed by atoms with Gasteiger partial charge in [-0.15, -0.1) is 0 Å². The van der Waals surface area contributed by atoms with Crippen molar-refractivity contribution in [1.82, 2.24) is 9.78 Å². The average molecular weight is 187 g/mol. The Hall–Kier alpha value is -1.61. The Morgan fingerprint density at radius 1 is 1.21 bits per heavy atom. The minimum Gasteiger partial charge on any atom is -0.328 e. The van der Waals surface area contributed by atoms with E-state index >= 15 is 0 Å². The van der Waals surface area contributed by atoms with Crippen molar-refractivity contribution in [3.8, 4) is 0 Å². The molecule has 1 unspecified atom stereocenters. The molecule has 14 heavy (non-hydrogen) atoms. The lowest BCUT2D eigenvalue weighted by Crippen LogP contribution is -2.20. The van der Waals surface area contributed by atoms with E-state index in [-0.39, 0.29) is 6.04 Å². The minimum absolute atomic E-state index is 0.145. The first-order valence-corrected chi connectivity index (χ1v) is 4.66. The van der Waals surface area contributed by atoms with Crippen LogP contribution in [-0.4, -0.2) is 16.3 Å². The summed E-state index contributed by atoms with van der Waals surface area (Å²) in [4.78, 5) is 0. The van der Waals surface area contributed by atoms with Crippen molar-refractivity contribution in [3.05, 3.63) is 54.4 Å². The molecule has 1 aromatic heterocycles. The Morgan fingerprint density at radius 2 is 2.00 bits per heavy atom. The van der Waals surface area contributed by atoms with Gasteiger partial charge in [0.1, 0.15) is 0 Å². The molecule has 0 fully saturated rings. The maximum Gasteiger partial charge on any atom is 0.0890 e. The van der Waals surface area contributed by atoms with Crippen LogP contribution in [0, 0.1) is 0 Å². The number of benzene rings is 1. The van der Waals surface area contributed by atoms with Gasteiger partial charge in [0, 0.05) is 18.9 Å². The zero-order valence-electron chi connectivity index (χ0n) is 7.88. The molecule has 0 saturated heterocycles. The zero-order valence-corrected chi connectivity index (χ0v) is 7.88. The summed E-state index contributed by atoms with van der Waals surface area (Å²) in [5.41, 5.74) is 6.93. The molecule has 0 aliphatic carbocycles. The first-order chi connectivity index (χ1) is 6.92. The summed E-state index contributed by atoms with van der Waals surface area (Å²) in [6.45, 7) is 0.561. The molecular weight excluding hydrogens is 174 g/mol. The van der Waals surface area contributed by atoms with Crippen LogP contribution in [0.2, 0.25) is 0 Å². The summed E-state index contributed by atoms with van der Waals surface area (Å²) in [6, 6.07) is 12.2. The Balaban J connectivity index is 2.31. The highest BCUT2D eigenvalue weighted by Gasteiger charge is 2.10. The van der Waals surface area contributed by atoms with Crippen molar-refractivity contribution in [2.75, 3.05) is 6.54 Å². The van der Waals surface area contributed by atoms with Gasteiger partial charge in [-0.3, -0.25) is 4.68 Å². The van der Waals surface area contributed by atoms with Crippen molar-refractivity contribution in [2.24, 2.45) is 5.73 Å². The summed E-state index contributed by atoms with van der Waals surface area (Å²) in [5, 5.41) is 4.20. The van der Waals surface area contributed by atoms with E-state index in [0.29, 0.717) is 6.54 Å². The fourth-order valence-corrected chi connectivity index (χ4v) is 1.54.